The number of carbonyl (C=O) groups is 2. The lowest BCUT2D eigenvalue weighted by molar-refractivity contribution is 0.0600. The molecule has 8 nitrogen and oxygen atoms in total. The van der Waals surface area contributed by atoms with E-state index < -0.39 is 5.97 Å². The Morgan fingerprint density at radius 3 is 2.65 bits per heavy atom. The fourth-order valence-corrected chi connectivity index (χ4v) is 2.15. The number of benzene rings is 1. The molecular weight excluding hydrogens is 336 g/mol. The number of nitrogens with zero attached hydrogens (tertiary/aromatic N) is 2. The number of hydrogen-bond donors (Lipinski definition) is 2. The van der Waals surface area contributed by atoms with E-state index in [4.69, 9.17) is 4.42 Å². The van der Waals surface area contributed by atoms with Crippen LogP contribution in [0.3, 0.4) is 0 Å². The average molecular weight is 352 g/mol. The zero-order chi connectivity index (χ0) is 18.4. The maximum atomic E-state index is 12.3. The molecule has 0 saturated heterocycles. The first-order valence-corrected chi connectivity index (χ1v) is 7.75. The molecule has 0 radical (unpaired) electrons. The summed E-state index contributed by atoms with van der Waals surface area (Å²) in [6.07, 6.45) is 3.07. The van der Waals surface area contributed by atoms with Crippen LogP contribution in [0.25, 0.3) is 0 Å². The third-order valence-corrected chi connectivity index (χ3v) is 3.45. The molecule has 3 rings (SSSR count). The minimum Gasteiger partial charge on any atom is -0.467 e. The predicted octanol–water partition coefficient (Wildman–Crippen LogP) is 2.72. The molecule has 2 N–H and O–H groups in total. The van der Waals surface area contributed by atoms with Crippen molar-refractivity contribution in [1.29, 1.82) is 0 Å². The van der Waals surface area contributed by atoms with Crippen molar-refractivity contribution in [3.63, 3.8) is 0 Å². The van der Waals surface area contributed by atoms with Crippen LogP contribution in [0.4, 0.5) is 11.6 Å². The van der Waals surface area contributed by atoms with Crippen molar-refractivity contribution in [1.82, 2.24) is 9.97 Å². The van der Waals surface area contributed by atoms with Crippen molar-refractivity contribution in [3.05, 3.63) is 71.9 Å². The van der Waals surface area contributed by atoms with Crippen molar-refractivity contribution >= 4 is 23.5 Å². The highest BCUT2D eigenvalue weighted by Crippen LogP contribution is 2.12. The van der Waals surface area contributed by atoms with Gasteiger partial charge in [-0.25, -0.2) is 14.8 Å². The Morgan fingerprint density at radius 1 is 1.15 bits per heavy atom. The predicted molar refractivity (Wildman–Crippen MR) is 93.8 cm³/mol. The summed E-state index contributed by atoms with van der Waals surface area (Å²) in [5, 5.41) is 5.70. The summed E-state index contributed by atoms with van der Waals surface area (Å²) in [6, 6.07) is 11.5. The maximum absolute atomic E-state index is 12.3. The molecule has 2 heterocycles. The molecular formula is C18H16N4O4. The van der Waals surface area contributed by atoms with Crippen LogP contribution in [-0.4, -0.2) is 29.0 Å². The smallest absolute Gasteiger partial charge is 0.337 e. The Hall–Kier alpha value is -3.68. The SMILES string of the molecule is COC(=O)c1ccc(NC(=O)c2ccnc(NCc3ccco3)n2)cc1. The van der Waals surface area contributed by atoms with Crippen LogP contribution in [0.5, 0.6) is 0 Å². The second kappa shape index (κ2) is 7.93. The van der Waals surface area contributed by atoms with E-state index in [1.807, 2.05) is 6.07 Å². The molecule has 0 atom stereocenters. The van der Waals surface area contributed by atoms with Gasteiger partial charge in [0.2, 0.25) is 5.95 Å². The van der Waals surface area contributed by atoms with E-state index in [9.17, 15) is 9.59 Å². The summed E-state index contributed by atoms with van der Waals surface area (Å²) >= 11 is 0. The van der Waals surface area contributed by atoms with Crippen molar-refractivity contribution in [2.45, 2.75) is 6.54 Å². The van der Waals surface area contributed by atoms with Crippen LogP contribution >= 0.6 is 0 Å². The zero-order valence-corrected chi connectivity index (χ0v) is 13.9. The van der Waals surface area contributed by atoms with Gasteiger partial charge in [-0.15, -0.1) is 0 Å². The highest BCUT2D eigenvalue weighted by molar-refractivity contribution is 6.03. The Morgan fingerprint density at radius 2 is 1.96 bits per heavy atom. The largest absolute Gasteiger partial charge is 0.467 e. The van der Waals surface area contributed by atoms with Crippen LogP contribution in [0.2, 0.25) is 0 Å². The summed E-state index contributed by atoms with van der Waals surface area (Å²) in [5.74, 6) is 0.217. The Kier molecular flexibility index (Phi) is 5.23. The summed E-state index contributed by atoms with van der Waals surface area (Å²) < 4.78 is 9.85. The summed E-state index contributed by atoms with van der Waals surface area (Å²) in [5.41, 5.74) is 1.14. The van der Waals surface area contributed by atoms with E-state index in [1.54, 1.807) is 36.6 Å². The van der Waals surface area contributed by atoms with E-state index in [2.05, 4.69) is 25.3 Å². The molecule has 0 aliphatic heterocycles. The molecule has 3 aromatic rings. The van der Waals surface area contributed by atoms with Gasteiger partial charge in [0.15, 0.2) is 0 Å². The number of esters is 1. The van der Waals surface area contributed by atoms with Gasteiger partial charge in [0.1, 0.15) is 11.5 Å². The Labute approximate surface area is 149 Å². The van der Waals surface area contributed by atoms with Gasteiger partial charge >= 0.3 is 5.97 Å². The molecule has 132 valence electrons. The van der Waals surface area contributed by atoms with E-state index in [-0.39, 0.29) is 11.6 Å². The van der Waals surface area contributed by atoms with E-state index in [1.165, 1.54) is 19.4 Å². The number of nitrogens with one attached hydrogen (secondary N) is 2. The van der Waals surface area contributed by atoms with Gasteiger partial charge in [-0.2, -0.15) is 0 Å². The highest BCUT2D eigenvalue weighted by Gasteiger charge is 2.11. The molecule has 0 aliphatic carbocycles. The molecule has 0 spiro atoms. The fraction of sp³-hybridized carbons (Fsp3) is 0.111. The molecule has 26 heavy (non-hydrogen) atoms. The number of amides is 1. The number of carbonyl (C=O) groups excluding carboxylic acids is 2. The normalized spacial score (nSPS) is 10.2. The standard InChI is InChI=1S/C18H16N4O4/c1-25-17(24)12-4-6-13(7-5-12)21-16(23)15-8-9-19-18(22-15)20-11-14-3-2-10-26-14/h2-10H,11H2,1H3,(H,21,23)(H,19,20,22). The molecule has 0 aliphatic rings. The number of rotatable bonds is 6. The lowest BCUT2D eigenvalue weighted by atomic mass is 10.2. The number of anilines is 2. The first-order valence-electron chi connectivity index (χ1n) is 7.75. The molecule has 0 saturated carbocycles. The van der Waals surface area contributed by atoms with Gasteiger partial charge in [-0.1, -0.05) is 0 Å². The Bertz CT molecular complexity index is 892. The molecule has 1 aromatic carbocycles. The number of furan rings is 1. The van der Waals surface area contributed by atoms with Gasteiger partial charge in [0.25, 0.3) is 5.91 Å². The van der Waals surface area contributed by atoms with Crippen molar-refractivity contribution in [3.8, 4) is 0 Å². The number of hydrogen-bond acceptors (Lipinski definition) is 7. The lowest BCUT2D eigenvalue weighted by Gasteiger charge is -2.07. The molecule has 2 aromatic heterocycles. The van der Waals surface area contributed by atoms with Gasteiger partial charge in [0, 0.05) is 11.9 Å². The summed E-state index contributed by atoms with van der Waals surface area (Å²) in [4.78, 5) is 32.0. The van der Waals surface area contributed by atoms with Crippen molar-refractivity contribution < 1.29 is 18.7 Å². The van der Waals surface area contributed by atoms with Crippen LogP contribution in [0.1, 0.15) is 26.6 Å². The van der Waals surface area contributed by atoms with Crippen molar-refractivity contribution in [2.24, 2.45) is 0 Å². The molecule has 8 heteroatoms. The highest BCUT2D eigenvalue weighted by atomic mass is 16.5. The lowest BCUT2D eigenvalue weighted by Crippen LogP contribution is -2.15. The topological polar surface area (TPSA) is 106 Å². The van der Waals surface area contributed by atoms with Gasteiger partial charge in [-0.3, -0.25) is 4.79 Å². The molecule has 0 fully saturated rings. The van der Waals surface area contributed by atoms with E-state index >= 15 is 0 Å². The summed E-state index contributed by atoms with van der Waals surface area (Å²) in [6.45, 7) is 0.410. The quantitative estimate of drug-likeness (QED) is 0.657. The van der Waals surface area contributed by atoms with Crippen LogP contribution in [0.15, 0.2) is 59.3 Å². The number of aromatic nitrogens is 2. The Balaban J connectivity index is 1.64. The monoisotopic (exact) mass is 352 g/mol. The zero-order valence-electron chi connectivity index (χ0n) is 13.9. The maximum Gasteiger partial charge on any atom is 0.337 e. The third-order valence-electron chi connectivity index (χ3n) is 3.45. The van der Waals surface area contributed by atoms with Crippen LogP contribution < -0.4 is 10.6 Å². The minimum atomic E-state index is -0.439. The first-order chi connectivity index (χ1) is 12.7. The summed E-state index contributed by atoms with van der Waals surface area (Å²) in [7, 11) is 1.31. The van der Waals surface area contributed by atoms with Crippen molar-refractivity contribution in [2.75, 3.05) is 17.7 Å². The van der Waals surface area contributed by atoms with Gasteiger partial charge in [-0.05, 0) is 42.5 Å². The minimum absolute atomic E-state index is 0.207. The number of ether oxygens (including phenoxy) is 1. The molecule has 1 amide bonds. The second-order valence-electron chi connectivity index (χ2n) is 5.22. The van der Waals surface area contributed by atoms with E-state index in [0.717, 1.165) is 5.76 Å². The van der Waals surface area contributed by atoms with Crippen LogP contribution in [-0.2, 0) is 11.3 Å². The van der Waals surface area contributed by atoms with Gasteiger partial charge < -0.3 is 19.8 Å². The second-order valence-corrected chi connectivity index (χ2v) is 5.22. The molecule has 0 bridgehead atoms. The third kappa shape index (κ3) is 4.23. The number of methoxy groups -OCH3 is 1. The average Bonchev–Trinajstić information content (AvgIpc) is 3.20. The fourth-order valence-electron chi connectivity index (χ4n) is 2.15. The van der Waals surface area contributed by atoms with E-state index in [0.29, 0.717) is 23.7 Å². The first kappa shape index (κ1) is 17.2. The molecule has 0 unspecified atom stereocenters. The van der Waals surface area contributed by atoms with Gasteiger partial charge in [0.05, 0.1) is 25.5 Å². The van der Waals surface area contributed by atoms with Crippen LogP contribution in [0, 0.1) is 0 Å².